The van der Waals surface area contributed by atoms with Gasteiger partial charge in [0, 0.05) is 13.1 Å². The summed E-state index contributed by atoms with van der Waals surface area (Å²) in [6.07, 6.45) is 3.69. The van der Waals surface area contributed by atoms with Crippen LogP contribution in [0.1, 0.15) is 26.2 Å². The van der Waals surface area contributed by atoms with Crippen LogP contribution in [0.4, 0.5) is 4.39 Å². The SMILES string of the molecule is CC1(Oc2ccc(F)cc2)NCCN2CCCCC21. The second-order valence-corrected chi connectivity index (χ2v) is 5.64. The van der Waals surface area contributed by atoms with E-state index in [-0.39, 0.29) is 11.5 Å². The van der Waals surface area contributed by atoms with Gasteiger partial charge in [-0.25, -0.2) is 4.39 Å². The van der Waals surface area contributed by atoms with Crippen LogP contribution in [0.5, 0.6) is 5.75 Å². The number of hydrogen-bond acceptors (Lipinski definition) is 3. The third-order valence-electron chi connectivity index (χ3n) is 4.27. The smallest absolute Gasteiger partial charge is 0.173 e. The van der Waals surface area contributed by atoms with Crippen LogP contribution in [-0.2, 0) is 0 Å². The van der Waals surface area contributed by atoms with Crippen LogP contribution in [0.2, 0.25) is 0 Å². The Morgan fingerprint density at radius 2 is 2.05 bits per heavy atom. The van der Waals surface area contributed by atoms with Crippen molar-refractivity contribution in [2.45, 2.75) is 38.0 Å². The molecule has 1 N–H and O–H groups in total. The van der Waals surface area contributed by atoms with E-state index >= 15 is 0 Å². The Hall–Kier alpha value is -1.13. The minimum atomic E-state index is -0.378. The van der Waals surface area contributed by atoms with Gasteiger partial charge in [-0.2, -0.15) is 0 Å². The van der Waals surface area contributed by atoms with Gasteiger partial charge in [0.05, 0.1) is 6.04 Å². The molecule has 2 fully saturated rings. The van der Waals surface area contributed by atoms with Gasteiger partial charge in [-0.15, -0.1) is 0 Å². The van der Waals surface area contributed by atoms with Crippen molar-refractivity contribution in [1.29, 1.82) is 0 Å². The average Bonchev–Trinajstić information content (AvgIpc) is 2.42. The van der Waals surface area contributed by atoms with Gasteiger partial charge < -0.3 is 4.74 Å². The zero-order chi connectivity index (χ0) is 13.3. The highest BCUT2D eigenvalue weighted by atomic mass is 19.1. The molecule has 2 heterocycles. The Labute approximate surface area is 113 Å². The molecule has 0 saturated carbocycles. The van der Waals surface area contributed by atoms with Crippen LogP contribution in [0.3, 0.4) is 0 Å². The van der Waals surface area contributed by atoms with Gasteiger partial charge in [0.25, 0.3) is 0 Å². The topological polar surface area (TPSA) is 24.5 Å². The molecule has 3 rings (SSSR count). The van der Waals surface area contributed by atoms with Crippen LogP contribution in [0.15, 0.2) is 24.3 Å². The van der Waals surface area contributed by atoms with E-state index in [4.69, 9.17) is 4.74 Å². The molecule has 0 spiro atoms. The largest absolute Gasteiger partial charge is 0.471 e. The first-order valence-corrected chi connectivity index (χ1v) is 7.11. The van der Waals surface area contributed by atoms with E-state index in [1.54, 1.807) is 12.1 Å². The third kappa shape index (κ3) is 2.60. The summed E-state index contributed by atoms with van der Waals surface area (Å²) in [6, 6.07) is 6.69. The number of piperazine rings is 1. The van der Waals surface area contributed by atoms with Crippen molar-refractivity contribution in [2.24, 2.45) is 0 Å². The van der Waals surface area contributed by atoms with E-state index < -0.39 is 0 Å². The third-order valence-corrected chi connectivity index (χ3v) is 4.27. The highest BCUT2D eigenvalue weighted by molar-refractivity contribution is 5.23. The molecule has 2 unspecified atom stereocenters. The Bertz CT molecular complexity index is 434. The van der Waals surface area contributed by atoms with E-state index in [9.17, 15) is 4.39 Å². The van der Waals surface area contributed by atoms with Crippen LogP contribution in [-0.4, -0.2) is 36.3 Å². The number of piperidine rings is 1. The second-order valence-electron chi connectivity index (χ2n) is 5.64. The molecule has 0 amide bonds. The zero-order valence-electron chi connectivity index (χ0n) is 11.4. The van der Waals surface area contributed by atoms with Gasteiger partial charge in [-0.3, -0.25) is 10.2 Å². The molecule has 1 aromatic carbocycles. The lowest BCUT2D eigenvalue weighted by atomic mass is 9.91. The lowest BCUT2D eigenvalue weighted by Gasteiger charge is -2.50. The Kier molecular flexibility index (Phi) is 3.46. The molecule has 1 aromatic rings. The van der Waals surface area contributed by atoms with Crippen LogP contribution < -0.4 is 10.1 Å². The molecule has 19 heavy (non-hydrogen) atoms. The highest BCUT2D eigenvalue weighted by Gasteiger charge is 2.43. The molecule has 3 nitrogen and oxygen atoms in total. The lowest BCUT2D eigenvalue weighted by molar-refractivity contribution is -0.0787. The van der Waals surface area contributed by atoms with Crippen molar-refractivity contribution in [3.05, 3.63) is 30.1 Å². The summed E-state index contributed by atoms with van der Waals surface area (Å²) in [5, 5.41) is 3.50. The molecule has 4 heteroatoms. The summed E-state index contributed by atoms with van der Waals surface area (Å²) in [5.41, 5.74) is -0.378. The average molecular weight is 264 g/mol. The van der Waals surface area contributed by atoms with Gasteiger partial charge in [-0.1, -0.05) is 6.42 Å². The number of rotatable bonds is 2. The molecule has 0 radical (unpaired) electrons. The molecule has 0 aromatic heterocycles. The molecule has 2 aliphatic heterocycles. The standard InChI is InChI=1S/C15H21FN2O/c1-15(19-13-7-5-12(16)6-8-13)14-4-2-3-10-18(14)11-9-17-15/h5-8,14,17H,2-4,9-11H2,1H3. The quantitative estimate of drug-likeness (QED) is 0.887. The summed E-state index contributed by atoms with van der Waals surface area (Å²) in [6.45, 7) is 5.30. The molecule has 2 aliphatic rings. The van der Waals surface area contributed by atoms with E-state index in [1.807, 2.05) is 0 Å². The van der Waals surface area contributed by atoms with Crippen molar-refractivity contribution in [3.8, 4) is 5.75 Å². The van der Waals surface area contributed by atoms with E-state index in [2.05, 4.69) is 17.1 Å². The summed E-state index contributed by atoms with van der Waals surface area (Å²) in [4.78, 5) is 2.52. The lowest BCUT2D eigenvalue weighted by Crippen LogP contribution is -2.69. The fourth-order valence-corrected chi connectivity index (χ4v) is 3.30. The first kappa shape index (κ1) is 12.9. The first-order chi connectivity index (χ1) is 9.17. The van der Waals surface area contributed by atoms with Crippen LogP contribution in [0.25, 0.3) is 0 Å². The summed E-state index contributed by atoms with van der Waals surface area (Å²) in [7, 11) is 0. The molecular formula is C15H21FN2O. The summed E-state index contributed by atoms with van der Waals surface area (Å²) >= 11 is 0. The van der Waals surface area contributed by atoms with Crippen LogP contribution in [0, 0.1) is 5.82 Å². The van der Waals surface area contributed by atoms with Crippen molar-refractivity contribution in [3.63, 3.8) is 0 Å². The summed E-state index contributed by atoms with van der Waals surface area (Å²) < 4.78 is 19.1. The Morgan fingerprint density at radius 1 is 1.26 bits per heavy atom. The van der Waals surface area contributed by atoms with Gasteiger partial charge in [0.2, 0.25) is 0 Å². The maximum Gasteiger partial charge on any atom is 0.173 e. The molecule has 104 valence electrons. The number of hydrogen-bond donors (Lipinski definition) is 1. The number of nitrogens with one attached hydrogen (secondary N) is 1. The molecule has 2 atom stereocenters. The molecule has 0 aliphatic carbocycles. The Morgan fingerprint density at radius 3 is 2.84 bits per heavy atom. The monoisotopic (exact) mass is 264 g/mol. The fourth-order valence-electron chi connectivity index (χ4n) is 3.30. The maximum atomic E-state index is 12.9. The van der Waals surface area contributed by atoms with E-state index in [0.29, 0.717) is 6.04 Å². The number of benzene rings is 1. The van der Waals surface area contributed by atoms with Gasteiger partial charge in [0.1, 0.15) is 11.6 Å². The van der Waals surface area contributed by atoms with Crippen molar-refractivity contribution in [2.75, 3.05) is 19.6 Å². The number of fused-ring (bicyclic) bond motifs is 1. The van der Waals surface area contributed by atoms with Crippen LogP contribution >= 0.6 is 0 Å². The van der Waals surface area contributed by atoms with Crippen molar-refractivity contribution >= 4 is 0 Å². The van der Waals surface area contributed by atoms with Crippen molar-refractivity contribution < 1.29 is 9.13 Å². The van der Waals surface area contributed by atoms with Gasteiger partial charge in [-0.05, 0) is 50.6 Å². The van der Waals surface area contributed by atoms with Gasteiger partial charge >= 0.3 is 0 Å². The van der Waals surface area contributed by atoms with Gasteiger partial charge in [0.15, 0.2) is 5.72 Å². The predicted octanol–water partition coefficient (Wildman–Crippen LogP) is 2.38. The van der Waals surface area contributed by atoms with Crippen molar-refractivity contribution in [1.82, 2.24) is 10.2 Å². The Balaban J connectivity index is 1.78. The number of ether oxygens (including phenoxy) is 1. The number of halogens is 1. The molecule has 0 bridgehead atoms. The molecule has 2 saturated heterocycles. The van der Waals surface area contributed by atoms with E-state index in [1.165, 1.54) is 25.0 Å². The molecular weight excluding hydrogens is 243 g/mol. The summed E-state index contributed by atoms with van der Waals surface area (Å²) in [5.74, 6) is 0.497. The maximum absolute atomic E-state index is 12.9. The minimum Gasteiger partial charge on any atom is -0.471 e. The van der Waals surface area contributed by atoms with E-state index in [0.717, 1.165) is 31.8 Å². The zero-order valence-corrected chi connectivity index (χ0v) is 11.4. The first-order valence-electron chi connectivity index (χ1n) is 7.11. The second kappa shape index (κ2) is 5.10. The normalized spacial score (nSPS) is 31.8. The fraction of sp³-hybridized carbons (Fsp3) is 0.600. The number of nitrogens with zero attached hydrogens (tertiary/aromatic N) is 1. The predicted molar refractivity (Wildman–Crippen MR) is 72.6 cm³/mol. The highest BCUT2D eigenvalue weighted by Crippen LogP contribution is 2.30. The minimum absolute atomic E-state index is 0.228.